The highest BCUT2D eigenvalue weighted by Gasteiger charge is 2.58. The van der Waals surface area contributed by atoms with Crippen molar-refractivity contribution >= 4 is 25.7 Å². The van der Waals surface area contributed by atoms with Crippen molar-refractivity contribution in [3.8, 4) is 0 Å². The lowest BCUT2D eigenvalue weighted by Crippen LogP contribution is -2.69. The van der Waals surface area contributed by atoms with E-state index in [0.717, 1.165) is 96.3 Å². The molecule has 95 heavy (non-hydrogen) atoms. The lowest BCUT2D eigenvalue weighted by Gasteiger charge is -2.49. The molecule has 0 aromatic carbocycles. The Labute approximate surface area is 567 Å². The van der Waals surface area contributed by atoms with Crippen LogP contribution in [-0.4, -0.2) is 204 Å². The summed E-state index contributed by atoms with van der Waals surface area (Å²) in [4.78, 5) is 50.9. The van der Waals surface area contributed by atoms with Crippen molar-refractivity contribution in [1.82, 2.24) is 0 Å². The normalized spacial score (nSPS) is 28.1. The fourth-order valence-corrected chi connectivity index (χ4v) is 13.2. The quantitative estimate of drug-likeness (QED) is 0.00887. The molecule has 3 aliphatic rings. The highest BCUT2D eigenvalue weighted by molar-refractivity contribution is 7.47. The summed E-state index contributed by atoms with van der Waals surface area (Å²) in [5.74, 6) is -2.00. The van der Waals surface area contributed by atoms with Crippen LogP contribution in [0.2, 0.25) is 0 Å². The Morgan fingerprint density at radius 3 is 1.15 bits per heavy atom. The number of rotatable bonds is 57. The number of phosphoric acid groups is 1. The van der Waals surface area contributed by atoms with E-state index in [1.54, 1.807) is 0 Å². The molecule has 0 radical (unpaired) electrons. The first-order valence-electron chi connectivity index (χ1n) is 37.0. The zero-order valence-corrected chi connectivity index (χ0v) is 58.9. The summed E-state index contributed by atoms with van der Waals surface area (Å²) in [6.45, 7) is 3.42. The molecule has 2 saturated heterocycles. The zero-order chi connectivity index (χ0) is 69.6. The highest BCUT2D eigenvalue weighted by Crippen LogP contribution is 2.49. The predicted octanol–water partition coefficient (Wildman–Crippen LogP) is 9.57. The predicted molar refractivity (Wildman–Crippen MR) is 356 cm³/mol. The van der Waals surface area contributed by atoms with E-state index in [4.69, 9.17) is 42.2 Å². The van der Waals surface area contributed by atoms with Gasteiger partial charge in [-0.1, -0.05) is 232 Å². The van der Waals surface area contributed by atoms with Crippen LogP contribution in [0.25, 0.3) is 0 Å². The summed E-state index contributed by atoms with van der Waals surface area (Å²) < 4.78 is 64.9. The standard InChI is InChI=1S/C70H129O24P/c1-4-7-10-13-16-19-22-24-26-28-31-34-37-40-43-46-56(74)89-51(48-86-54(72)44-41-38-35-33-30-27-25-23-20-17-14-11-8-5-2)49-88-95(84,85)94-68-66(92-69-64(82)59(77)57(75)52(47-71)90-69)62(80)61(79)63(81)67(68)93-70-65(83)60(78)58(76)53(91-70)50-87-55(73)45-42-39-36-32-29-21-18-15-12-9-6-3/h27,30,51-53,57-71,75-83H,4-26,28-29,31-50H2,1-3H3,(H,84,85)/b30-27-. The van der Waals surface area contributed by atoms with Crippen LogP contribution in [0.1, 0.15) is 284 Å². The first-order chi connectivity index (χ1) is 45.8. The van der Waals surface area contributed by atoms with Gasteiger partial charge in [0.05, 0.1) is 13.2 Å². The van der Waals surface area contributed by atoms with E-state index >= 15 is 0 Å². The fraction of sp³-hybridized carbons (Fsp3) is 0.929. The SMILES string of the molecule is CCCCCCCCC/C=C\CCCCCC(=O)OCC(COP(=O)(O)OC1C(OC2OC(CO)C(O)C(O)C2O)C(O)C(O)C(O)C1OC1OC(COC(=O)CCCCCCCCCCCCC)C(O)C(O)C1O)OC(=O)CCCCCCCCCCCCCCCCC. The smallest absolute Gasteiger partial charge is 0.463 e. The number of carbonyl (C=O) groups excluding carboxylic acids is 3. The second kappa shape index (κ2) is 52.6. The average Bonchev–Trinajstić information content (AvgIpc) is 0.766. The summed E-state index contributed by atoms with van der Waals surface area (Å²) in [6.07, 6.45) is 10.1. The van der Waals surface area contributed by atoms with Crippen LogP contribution >= 0.6 is 7.82 Å². The molecule has 558 valence electrons. The van der Waals surface area contributed by atoms with Crippen molar-refractivity contribution in [2.24, 2.45) is 0 Å². The minimum Gasteiger partial charge on any atom is -0.463 e. The molecule has 18 atom stereocenters. The Kier molecular flexibility index (Phi) is 48.2. The minimum atomic E-state index is -5.69. The molecule has 3 rings (SSSR count). The van der Waals surface area contributed by atoms with Gasteiger partial charge in [-0.2, -0.15) is 0 Å². The molecule has 0 aromatic heterocycles. The van der Waals surface area contributed by atoms with Gasteiger partial charge in [0.2, 0.25) is 0 Å². The van der Waals surface area contributed by atoms with Gasteiger partial charge in [-0.25, -0.2) is 4.57 Å². The Balaban J connectivity index is 1.75. The fourth-order valence-electron chi connectivity index (χ4n) is 12.2. The number of phosphoric ester groups is 1. The van der Waals surface area contributed by atoms with E-state index in [2.05, 4.69) is 32.9 Å². The van der Waals surface area contributed by atoms with E-state index in [-0.39, 0.29) is 19.3 Å². The third kappa shape index (κ3) is 36.2. The maximum absolute atomic E-state index is 14.3. The molecule has 0 spiro atoms. The number of ether oxygens (including phenoxy) is 7. The molecule has 11 N–H and O–H groups in total. The first kappa shape index (κ1) is 86.9. The van der Waals surface area contributed by atoms with Crippen molar-refractivity contribution in [2.75, 3.05) is 26.4 Å². The largest absolute Gasteiger partial charge is 0.472 e. The molecule has 3 fully saturated rings. The van der Waals surface area contributed by atoms with E-state index in [1.807, 2.05) is 0 Å². The zero-order valence-electron chi connectivity index (χ0n) is 58.0. The van der Waals surface area contributed by atoms with E-state index < -0.39 is 156 Å². The summed E-state index contributed by atoms with van der Waals surface area (Å²) in [5, 5.41) is 110. The second-order valence-corrected chi connectivity index (χ2v) is 28.1. The molecular formula is C70H129O24P. The molecule has 1 aliphatic carbocycles. The molecule has 18 unspecified atom stereocenters. The van der Waals surface area contributed by atoms with Crippen molar-refractivity contribution in [3.05, 3.63) is 12.2 Å². The number of aliphatic hydroxyl groups is 10. The van der Waals surface area contributed by atoms with Gasteiger partial charge in [0.25, 0.3) is 0 Å². The van der Waals surface area contributed by atoms with E-state index in [0.29, 0.717) is 19.3 Å². The Bertz CT molecular complexity index is 2020. The lowest BCUT2D eigenvalue weighted by atomic mass is 9.84. The average molecular weight is 1390 g/mol. The monoisotopic (exact) mass is 1380 g/mol. The lowest BCUT2D eigenvalue weighted by molar-refractivity contribution is -0.360. The summed E-state index contributed by atoms with van der Waals surface area (Å²) >= 11 is 0. The van der Waals surface area contributed by atoms with Crippen LogP contribution in [0.15, 0.2) is 12.2 Å². The third-order valence-corrected chi connectivity index (χ3v) is 19.3. The van der Waals surface area contributed by atoms with Crippen LogP contribution in [0, 0.1) is 0 Å². The molecule has 1 saturated carbocycles. The molecule has 2 aliphatic heterocycles. The number of hydrogen-bond donors (Lipinski definition) is 11. The molecular weight excluding hydrogens is 1260 g/mol. The van der Waals surface area contributed by atoms with Crippen LogP contribution < -0.4 is 0 Å². The Hall–Kier alpha value is -2.30. The van der Waals surface area contributed by atoms with Gasteiger partial charge in [0.15, 0.2) is 18.7 Å². The Morgan fingerprint density at radius 2 is 0.737 bits per heavy atom. The third-order valence-electron chi connectivity index (χ3n) is 18.3. The van der Waals surface area contributed by atoms with Gasteiger partial charge in [-0.3, -0.25) is 23.4 Å². The summed E-state index contributed by atoms with van der Waals surface area (Å²) in [7, 11) is -5.69. The number of hydrogen-bond acceptors (Lipinski definition) is 23. The van der Waals surface area contributed by atoms with Gasteiger partial charge in [0.1, 0.15) is 98.7 Å². The van der Waals surface area contributed by atoms with Crippen molar-refractivity contribution < 1.29 is 117 Å². The van der Waals surface area contributed by atoms with Gasteiger partial charge >= 0.3 is 25.7 Å². The van der Waals surface area contributed by atoms with Crippen molar-refractivity contribution in [3.63, 3.8) is 0 Å². The number of aliphatic hydroxyl groups excluding tert-OH is 10. The maximum atomic E-state index is 14.3. The van der Waals surface area contributed by atoms with Crippen LogP contribution in [0.3, 0.4) is 0 Å². The molecule has 25 heteroatoms. The molecule has 2 heterocycles. The molecule has 0 bridgehead atoms. The van der Waals surface area contributed by atoms with Gasteiger partial charge in [-0.05, 0) is 44.9 Å². The maximum Gasteiger partial charge on any atom is 0.472 e. The van der Waals surface area contributed by atoms with E-state index in [1.165, 1.54) is 128 Å². The molecule has 24 nitrogen and oxygen atoms in total. The summed E-state index contributed by atoms with van der Waals surface area (Å²) in [5.41, 5.74) is 0. The van der Waals surface area contributed by atoms with Crippen molar-refractivity contribution in [2.45, 2.75) is 388 Å². The molecule has 0 amide bonds. The minimum absolute atomic E-state index is 0.0279. The number of carbonyl (C=O) groups is 3. The summed E-state index contributed by atoms with van der Waals surface area (Å²) in [6, 6.07) is 0. The topological polar surface area (TPSA) is 374 Å². The number of allylic oxidation sites excluding steroid dienone is 2. The van der Waals surface area contributed by atoms with Gasteiger partial charge in [0, 0.05) is 19.3 Å². The number of unbranched alkanes of at least 4 members (excludes halogenated alkanes) is 34. The number of esters is 3. The highest BCUT2D eigenvalue weighted by atomic mass is 31.2. The van der Waals surface area contributed by atoms with E-state index in [9.17, 15) is 74.9 Å². The first-order valence-corrected chi connectivity index (χ1v) is 38.5. The van der Waals surface area contributed by atoms with Crippen LogP contribution in [0.4, 0.5) is 0 Å². The second-order valence-electron chi connectivity index (χ2n) is 26.7. The van der Waals surface area contributed by atoms with Crippen molar-refractivity contribution in [1.29, 1.82) is 0 Å². The van der Waals surface area contributed by atoms with Gasteiger partial charge < -0.3 is 89.1 Å². The Morgan fingerprint density at radius 1 is 0.400 bits per heavy atom. The molecule has 0 aromatic rings. The van der Waals surface area contributed by atoms with Gasteiger partial charge in [-0.15, -0.1) is 0 Å². The van der Waals surface area contributed by atoms with Crippen LogP contribution in [-0.2, 0) is 61.2 Å². The van der Waals surface area contributed by atoms with Crippen LogP contribution in [0.5, 0.6) is 0 Å².